The quantitative estimate of drug-likeness (QED) is 0.337. The number of hydrogen-bond acceptors (Lipinski definition) is 6. The van der Waals surface area contributed by atoms with Crippen LogP contribution in [0.25, 0.3) is 0 Å². The van der Waals surface area contributed by atoms with Gasteiger partial charge < -0.3 is 36.6 Å². The van der Waals surface area contributed by atoms with Crippen LogP contribution in [0.4, 0.5) is 27.5 Å². The molecule has 0 saturated carbocycles. The van der Waals surface area contributed by atoms with Crippen LogP contribution in [0.1, 0.15) is 0 Å². The highest BCUT2D eigenvalue weighted by Gasteiger charge is 2.14. The Morgan fingerprint density at radius 1 is 0.913 bits per heavy atom. The van der Waals surface area contributed by atoms with Gasteiger partial charge in [0.1, 0.15) is 5.82 Å². The maximum absolute atomic E-state index is 12.0. The van der Waals surface area contributed by atoms with Crippen LogP contribution >= 0.6 is 0 Å². The maximum atomic E-state index is 12.0. The van der Waals surface area contributed by atoms with Crippen molar-refractivity contribution in [3.8, 4) is 17.2 Å². The SMILES string of the molecule is C=C1Nc2ccc(NC(=O)Nc3cc(O)c(O)c(O)c3)cc2N1. The minimum Gasteiger partial charge on any atom is -0.504 e. The molecule has 0 unspecified atom stereocenters. The van der Waals surface area contributed by atoms with Crippen molar-refractivity contribution in [1.29, 1.82) is 0 Å². The van der Waals surface area contributed by atoms with Crippen molar-refractivity contribution in [1.82, 2.24) is 0 Å². The summed E-state index contributed by atoms with van der Waals surface area (Å²) >= 11 is 0. The van der Waals surface area contributed by atoms with Crippen LogP contribution < -0.4 is 21.3 Å². The summed E-state index contributed by atoms with van der Waals surface area (Å²) in [4.78, 5) is 12.0. The van der Waals surface area contributed by atoms with Gasteiger partial charge in [0, 0.05) is 17.8 Å². The second-order valence-electron chi connectivity index (χ2n) is 4.93. The van der Waals surface area contributed by atoms with E-state index in [-0.39, 0.29) is 5.69 Å². The van der Waals surface area contributed by atoms with Crippen LogP contribution in [-0.2, 0) is 0 Å². The third-order valence-electron chi connectivity index (χ3n) is 3.18. The van der Waals surface area contributed by atoms with Crippen LogP contribution in [0.5, 0.6) is 17.2 Å². The van der Waals surface area contributed by atoms with Crippen molar-refractivity contribution < 1.29 is 20.1 Å². The van der Waals surface area contributed by atoms with Crippen molar-refractivity contribution >= 4 is 28.8 Å². The minimum absolute atomic E-state index is 0.129. The van der Waals surface area contributed by atoms with Gasteiger partial charge in [-0.15, -0.1) is 0 Å². The highest BCUT2D eigenvalue weighted by atomic mass is 16.3. The van der Waals surface area contributed by atoms with Crippen LogP contribution in [0, 0.1) is 0 Å². The number of hydrogen-bond donors (Lipinski definition) is 7. The zero-order chi connectivity index (χ0) is 16.6. The van der Waals surface area contributed by atoms with Crippen LogP contribution in [0.3, 0.4) is 0 Å². The topological polar surface area (TPSA) is 126 Å². The molecule has 2 aromatic rings. The van der Waals surface area contributed by atoms with Crippen molar-refractivity contribution in [2.45, 2.75) is 0 Å². The molecule has 0 atom stereocenters. The number of aromatic hydroxyl groups is 3. The molecular formula is C15H14N4O4. The molecule has 118 valence electrons. The molecule has 2 aromatic carbocycles. The third kappa shape index (κ3) is 2.91. The summed E-state index contributed by atoms with van der Waals surface area (Å²) in [5.41, 5.74) is 2.31. The smallest absolute Gasteiger partial charge is 0.323 e. The summed E-state index contributed by atoms with van der Waals surface area (Å²) in [6, 6.07) is 6.89. The molecule has 0 aliphatic carbocycles. The van der Waals surface area contributed by atoms with Gasteiger partial charge in [-0.3, -0.25) is 0 Å². The molecule has 0 fully saturated rings. The van der Waals surface area contributed by atoms with Gasteiger partial charge in [0.15, 0.2) is 17.2 Å². The summed E-state index contributed by atoms with van der Waals surface area (Å²) < 4.78 is 0. The molecule has 3 rings (SSSR count). The van der Waals surface area contributed by atoms with Gasteiger partial charge in [0.05, 0.1) is 17.1 Å². The maximum Gasteiger partial charge on any atom is 0.323 e. The second-order valence-corrected chi connectivity index (χ2v) is 4.93. The number of phenols is 3. The largest absolute Gasteiger partial charge is 0.504 e. The molecule has 7 N–H and O–H groups in total. The van der Waals surface area contributed by atoms with Crippen molar-refractivity contribution in [3.63, 3.8) is 0 Å². The number of carbonyl (C=O) groups excluding carboxylic acids is 1. The highest BCUT2D eigenvalue weighted by Crippen LogP contribution is 2.37. The number of fused-ring (bicyclic) bond motifs is 1. The Bertz CT molecular complexity index is 796. The molecule has 8 heteroatoms. The first-order valence-electron chi connectivity index (χ1n) is 6.62. The Labute approximate surface area is 131 Å². The zero-order valence-corrected chi connectivity index (χ0v) is 11.8. The molecule has 8 nitrogen and oxygen atoms in total. The molecule has 1 aliphatic rings. The number of nitrogens with one attached hydrogen (secondary N) is 4. The average Bonchev–Trinajstić information content (AvgIpc) is 2.83. The van der Waals surface area contributed by atoms with E-state index in [1.807, 2.05) is 0 Å². The number of urea groups is 1. The number of carbonyl (C=O) groups is 1. The van der Waals surface area contributed by atoms with Crippen molar-refractivity contribution in [2.75, 3.05) is 21.3 Å². The fraction of sp³-hybridized carbons (Fsp3) is 0. The predicted molar refractivity (Wildman–Crippen MR) is 86.9 cm³/mol. The Morgan fingerprint density at radius 2 is 1.52 bits per heavy atom. The fourth-order valence-corrected chi connectivity index (χ4v) is 2.16. The first-order valence-corrected chi connectivity index (χ1v) is 6.62. The molecule has 2 amide bonds. The lowest BCUT2D eigenvalue weighted by Gasteiger charge is -2.10. The lowest BCUT2D eigenvalue weighted by atomic mass is 10.2. The normalized spacial score (nSPS) is 12.1. The Kier molecular flexibility index (Phi) is 3.34. The second kappa shape index (κ2) is 5.34. The van der Waals surface area contributed by atoms with Gasteiger partial charge in [0.2, 0.25) is 0 Å². The molecule has 0 bridgehead atoms. The van der Waals surface area contributed by atoms with E-state index in [2.05, 4.69) is 27.8 Å². The number of phenolic OH excluding ortho intramolecular Hbond substituents is 3. The Balaban J connectivity index is 1.71. The molecule has 0 saturated heterocycles. The monoisotopic (exact) mass is 314 g/mol. The Hall–Kier alpha value is -3.55. The van der Waals surface area contributed by atoms with E-state index < -0.39 is 23.3 Å². The highest BCUT2D eigenvalue weighted by molar-refractivity contribution is 6.01. The van der Waals surface area contributed by atoms with E-state index in [1.54, 1.807) is 18.2 Å². The first-order chi connectivity index (χ1) is 10.9. The Morgan fingerprint density at radius 3 is 2.22 bits per heavy atom. The fourth-order valence-electron chi connectivity index (χ4n) is 2.16. The third-order valence-corrected chi connectivity index (χ3v) is 3.18. The van der Waals surface area contributed by atoms with Crippen molar-refractivity contribution in [2.24, 2.45) is 0 Å². The average molecular weight is 314 g/mol. The summed E-state index contributed by atoms with van der Waals surface area (Å²) in [7, 11) is 0. The van der Waals surface area contributed by atoms with Crippen LogP contribution in [0.2, 0.25) is 0 Å². The molecule has 1 heterocycles. The molecule has 0 spiro atoms. The molecule has 0 aromatic heterocycles. The molecule has 23 heavy (non-hydrogen) atoms. The van der Waals surface area contributed by atoms with Crippen LogP contribution in [0.15, 0.2) is 42.7 Å². The van der Waals surface area contributed by atoms with E-state index in [0.717, 1.165) is 23.5 Å². The van der Waals surface area contributed by atoms with Gasteiger partial charge in [-0.2, -0.15) is 0 Å². The summed E-state index contributed by atoms with van der Waals surface area (Å²) in [6.45, 7) is 3.75. The molecule has 0 radical (unpaired) electrons. The number of rotatable bonds is 2. The predicted octanol–water partition coefficient (Wildman–Crippen LogP) is 2.76. The molecular weight excluding hydrogens is 300 g/mol. The van der Waals surface area contributed by atoms with E-state index in [9.17, 15) is 20.1 Å². The van der Waals surface area contributed by atoms with E-state index >= 15 is 0 Å². The lowest BCUT2D eigenvalue weighted by molar-refractivity contribution is 0.262. The zero-order valence-electron chi connectivity index (χ0n) is 11.8. The number of anilines is 4. The minimum atomic E-state index is -0.645. The van der Waals surface area contributed by atoms with E-state index in [4.69, 9.17) is 0 Å². The van der Waals surface area contributed by atoms with Gasteiger partial charge in [0.25, 0.3) is 0 Å². The summed E-state index contributed by atoms with van der Waals surface area (Å²) in [6.07, 6.45) is 0. The number of benzene rings is 2. The number of amides is 2. The summed E-state index contributed by atoms with van der Waals surface area (Å²) in [5, 5.41) is 39.2. The summed E-state index contributed by atoms with van der Waals surface area (Å²) in [5.74, 6) is -1.07. The standard InChI is InChI=1S/C15H14N4O4/c1-7-16-10-3-2-8(4-11(10)17-7)18-15(23)19-9-5-12(20)14(22)13(21)6-9/h2-6,16-17,20-22H,1H2,(H2,18,19,23). The van der Waals surface area contributed by atoms with Gasteiger partial charge in [-0.25, -0.2) is 4.79 Å². The van der Waals surface area contributed by atoms with Gasteiger partial charge >= 0.3 is 6.03 Å². The molecule has 1 aliphatic heterocycles. The first kappa shape index (κ1) is 14.4. The van der Waals surface area contributed by atoms with Crippen molar-refractivity contribution in [3.05, 3.63) is 42.7 Å². The van der Waals surface area contributed by atoms with Crippen LogP contribution in [-0.4, -0.2) is 21.4 Å². The van der Waals surface area contributed by atoms with Gasteiger partial charge in [-0.1, -0.05) is 6.58 Å². The van der Waals surface area contributed by atoms with Gasteiger partial charge in [-0.05, 0) is 18.2 Å². The van der Waals surface area contributed by atoms with E-state index in [0.29, 0.717) is 11.5 Å². The van der Waals surface area contributed by atoms with E-state index in [1.165, 1.54) is 0 Å². The lowest BCUT2D eigenvalue weighted by Crippen LogP contribution is -2.19.